The van der Waals surface area contributed by atoms with Crippen LogP contribution in [0.5, 0.6) is 5.75 Å². The molecule has 6 nitrogen and oxygen atoms in total. The average molecular weight is 371 g/mol. The van der Waals surface area contributed by atoms with Crippen molar-refractivity contribution in [1.82, 2.24) is 5.32 Å². The van der Waals surface area contributed by atoms with Crippen molar-refractivity contribution in [2.45, 2.75) is 6.92 Å². The van der Waals surface area contributed by atoms with Crippen molar-refractivity contribution in [3.8, 4) is 5.75 Å². The smallest absolute Gasteiger partial charge is 0.335 e. The number of halogens is 1. The highest BCUT2D eigenvalue weighted by molar-refractivity contribution is 6.39. The lowest BCUT2D eigenvalue weighted by atomic mass is 10.1. The molecule has 0 spiro atoms. The molecule has 1 heterocycles. The first kappa shape index (κ1) is 17.7. The highest BCUT2D eigenvalue weighted by atomic mass is 35.5. The van der Waals surface area contributed by atoms with Crippen molar-refractivity contribution >= 4 is 41.2 Å². The maximum atomic E-state index is 12.8. The van der Waals surface area contributed by atoms with Gasteiger partial charge in [0.2, 0.25) is 0 Å². The van der Waals surface area contributed by atoms with Crippen molar-refractivity contribution in [2.24, 2.45) is 0 Å². The Morgan fingerprint density at radius 2 is 1.88 bits per heavy atom. The van der Waals surface area contributed by atoms with E-state index in [4.69, 9.17) is 16.3 Å². The van der Waals surface area contributed by atoms with Crippen LogP contribution in [0.1, 0.15) is 12.5 Å². The third-order valence-corrected chi connectivity index (χ3v) is 3.88. The van der Waals surface area contributed by atoms with Gasteiger partial charge in [-0.25, -0.2) is 9.69 Å². The van der Waals surface area contributed by atoms with Crippen molar-refractivity contribution in [2.75, 3.05) is 11.5 Å². The van der Waals surface area contributed by atoms with Crippen LogP contribution in [-0.2, 0) is 9.59 Å². The normalized spacial score (nSPS) is 16.0. The van der Waals surface area contributed by atoms with Crippen molar-refractivity contribution in [3.63, 3.8) is 0 Å². The molecule has 4 amide bonds. The summed E-state index contributed by atoms with van der Waals surface area (Å²) >= 11 is 5.94. The van der Waals surface area contributed by atoms with E-state index in [1.165, 1.54) is 12.1 Å². The van der Waals surface area contributed by atoms with Gasteiger partial charge in [0.1, 0.15) is 11.3 Å². The predicted molar refractivity (Wildman–Crippen MR) is 98.1 cm³/mol. The Morgan fingerprint density at radius 3 is 2.62 bits per heavy atom. The Hall–Kier alpha value is -3.12. The number of carbonyl (C=O) groups is 3. The van der Waals surface area contributed by atoms with Gasteiger partial charge in [0.05, 0.1) is 12.3 Å². The molecule has 2 aromatic rings. The number of nitrogens with one attached hydrogen (secondary N) is 1. The Kier molecular flexibility index (Phi) is 5.04. The lowest BCUT2D eigenvalue weighted by Crippen LogP contribution is -2.54. The number of ether oxygens (including phenoxy) is 1. The van der Waals surface area contributed by atoms with E-state index >= 15 is 0 Å². The van der Waals surface area contributed by atoms with Crippen LogP contribution in [0.15, 0.2) is 54.1 Å². The van der Waals surface area contributed by atoms with E-state index in [-0.39, 0.29) is 11.3 Å². The number of barbiturate groups is 1. The van der Waals surface area contributed by atoms with E-state index < -0.39 is 17.8 Å². The maximum Gasteiger partial charge on any atom is 0.335 e. The predicted octanol–water partition coefficient (Wildman–Crippen LogP) is 3.41. The number of imide groups is 2. The first-order chi connectivity index (χ1) is 12.5. The van der Waals surface area contributed by atoms with Crippen molar-refractivity contribution in [1.29, 1.82) is 0 Å². The van der Waals surface area contributed by atoms with Gasteiger partial charge >= 0.3 is 6.03 Å². The highest BCUT2D eigenvalue weighted by Gasteiger charge is 2.36. The SMILES string of the molecule is CCOc1cccc(C=C2C(=O)NC(=O)N(c3cccc(Cl)c3)C2=O)c1. The zero-order valence-electron chi connectivity index (χ0n) is 13.9. The molecule has 26 heavy (non-hydrogen) atoms. The third kappa shape index (κ3) is 3.60. The molecule has 1 saturated heterocycles. The Morgan fingerprint density at radius 1 is 1.12 bits per heavy atom. The zero-order valence-corrected chi connectivity index (χ0v) is 14.6. The highest BCUT2D eigenvalue weighted by Crippen LogP contribution is 2.25. The van der Waals surface area contributed by atoms with Crippen molar-refractivity contribution in [3.05, 3.63) is 64.7 Å². The number of benzene rings is 2. The van der Waals surface area contributed by atoms with E-state index in [1.54, 1.807) is 42.5 Å². The molecular weight excluding hydrogens is 356 g/mol. The van der Waals surface area contributed by atoms with Gasteiger partial charge in [-0.3, -0.25) is 14.9 Å². The largest absolute Gasteiger partial charge is 0.494 e. The molecule has 1 fully saturated rings. The molecule has 132 valence electrons. The molecule has 0 aliphatic carbocycles. The molecular formula is C19H15ClN2O4. The summed E-state index contributed by atoms with van der Waals surface area (Å²) in [6, 6.07) is 12.4. The number of hydrogen-bond donors (Lipinski definition) is 1. The minimum absolute atomic E-state index is 0.154. The van der Waals surface area contributed by atoms with Crippen LogP contribution in [0.4, 0.5) is 10.5 Å². The molecule has 1 aliphatic heterocycles. The number of nitrogens with zero attached hydrogens (tertiary/aromatic N) is 1. The van der Waals surface area contributed by atoms with Gasteiger partial charge < -0.3 is 4.74 Å². The minimum atomic E-state index is -0.817. The van der Waals surface area contributed by atoms with E-state index in [1.807, 2.05) is 6.92 Å². The average Bonchev–Trinajstić information content (AvgIpc) is 2.59. The summed E-state index contributed by atoms with van der Waals surface area (Å²) in [4.78, 5) is 38.0. The number of rotatable bonds is 4. The number of urea groups is 1. The van der Waals surface area contributed by atoms with Gasteiger partial charge in [-0.1, -0.05) is 29.8 Å². The summed E-state index contributed by atoms with van der Waals surface area (Å²) in [5.74, 6) is -0.851. The molecule has 0 bridgehead atoms. The van der Waals surface area contributed by atoms with E-state index in [9.17, 15) is 14.4 Å². The lowest BCUT2D eigenvalue weighted by molar-refractivity contribution is -0.122. The maximum absolute atomic E-state index is 12.8. The van der Waals surface area contributed by atoms with Gasteiger partial charge in [0.15, 0.2) is 0 Å². The molecule has 3 rings (SSSR count). The van der Waals surface area contributed by atoms with E-state index in [2.05, 4.69) is 5.32 Å². The minimum Gasteiger partial charge on any atom is -0.494 e. The Balaban J connectivity index is 1.99. The number of hydrogen-bond acceptors (Lipinski definition) is 4. The number of anilines is 1. The number of carbonyl (C=O) groups excluding carboxylic acids is 3. The molecule has 2 aromatic carbocycles. The second kappa shape index (κ2) is 7.41. The van der Waals surface area contributed by atoms with Gasteiger partial charge in [-0.15, -0.1) is 0 Å². The second-order valence-corrected chi connectivity index (χ2v) is 5.88. The van der Waals surface area contributed by atoms with Gasteiger partial charge in [0.25, 0.3) is 11.8 Å². The quantitative estimate of drug-likeness (QED) is 0.661. The van der Waals surface area contributed by atoms with Crippen LogP contribution >= 0.6 is 11.6 Å². The molecule has 0 radical (unpaired) electrons. The van der Waals surface area contributed by atoms with Gasteiger partial charge in [-0.2, -0.15) is 0 Å². The summed E-state index contributed by atoms with van der Waals surface area (Å²) in [7, 11) is 0. The Bertz CT molecular complexity index is 923. The fraction of sp³-hybridized carbons (Fsp3) is 0.105. The number of amides is 4. The molecule has 0 saturated carbocycles. The summed E-state index contributed by atoms with van der Waals surface area (Å²) < 4.78 is 5.42. The lowest BCUT2D eigenvalue weighted by Gasteiger charge is -2.26. The van der Waals surface area contributed by atoms with Gasteiger partial charge in [-0.05, 0) is 48.9 Å². The first-order valence-corrected chi connectivity index (χ1v) is 8.27. The molecule has 0 aromatic heterocycles. The fourth-order valence-corrected chi connectivity index (χ4v) is 2.72. The Labute approximate surface area is 155 Å². The molecule has 1 N–H and O–H groups in total. The molecule has 7 heteroatoms. The molecule has 1 aliphatic rings. The van der Waals surface area contributed by atoms with Crippen molar-refractivity contribution < 1.29 is 19.1 Å². The molecule has 0 atom stereocenters. The van der Waals surface area contributed by atoms with Crippen LogP contribution < -0.4 is 15.0 Å². The topological polar surface area (TPSA) is 75.7 Å². The van der Waals surface area contributed by atoms with Crippen LogP contribution in [-0.4, -0.2) is 24.5 Å². The standard InChI is InChI=1S/C19H15ClN2O4/c1-2-26-15-8-3-5-12(9-15)10-16-17(23)21-19(25)22(18(16)24)14-7-4-6-13(20)11-14/h3-11H,2H2,1H3,(H,21,23,25). The fourth-order valence-electron chi connectivity index (χ4n) is 2.53. The van der Waals surface area contributed by atoms with Crippen LogP contribution in [0.2, 0.25) is 5.02 Å². The zero-order chi connectivity index (χ0) is 18.7. The molecule has 0 unspecified atom stereocenters. The first-order valence-electron chi connectivity index (χ1n) is 7.89. The summed E-state index contributed by atoms with van der Waals surface area (Å²) in [5, 5.41) is 2.54. The third-order valence-electron chi connectivity index (χ3n) is 3.65. The van der Waals surface area contributed by atoms with E-state index in [0.717, 1.165) is 4.90 Å². The van der Waals surface area contributed by atoms with Crippen LogP contribution in [0, 0.1) is 0 Å². The summed E-state index contributed by atoms with van der Waals surface area (Å²) in [6.45, 7) is 2.36. The summed E-state index contributed by atoms with van der Waals surface area (Å²) in [6.07, 6.45) is 1.42. The summed E-state index contributed by atoms with van der Waals surface area (Å²) in [5.41, 5.74) is 0.731. The van der Waals surface area contributed by atoms with E-state index in [0.29, 0.717) is 22.9 Å². The van der Waals surface area contributed by atoms with Gasteiger partial charge in [0, 0.05) is 5.02 Å². The van der Waals surface area contributed by atoms with Crippen LogP contribution in [0.3, 0.4) is 0 Å². The second-order valence-electron chi connectivity index (χ2n) is 5.44. The van der Waals surface area contributed by atoms with Crippen LogP contribution in [0.25, 0.3) is 6.08 Å². The monoisotopic (exact) mass is 370 g/mol.